The molecule has 110 valence electrons. The van der Waals surface area contributed by atoms with Crippen molar-refractivity contribution in [2.24, 2.45) is 0 Å². The summed E-state index contributed by atoms with van der Waals surface area (Å²) in [5, 5.41) is 10.3. The second kappa shape index (κ2) is 5.42. The fraction of sp³-hybridized carbons (Fsp3) is 0.600. The van der Waals surface area contributed by atoms with Gasteiger partial charge in [-0.25, -0.2) is 0 Å². The van der Waals surface area contributed by atoms with Crippen LogP contribution in [-0.2, 0) is 25.6 Å². The van der Waals surface area contributed by atoms with Crippen molar-refractivity contribution in [2.45, 2.75) is 50.8 Å². The Morgan fingerprint density at radius 1 is 1.30 bits per heavy atom. The highest BCUT2D eigenvalue weighted by atomic mass is 16.8. The van der Waals surface area contributed by atoms with Gasteiger partial charge >= 0.3 is 0 Å². The number of ether oxygens (including phenoxy) is 4. The van der Waals surface area contributed by atoms with Crippen molar-refractivity contribution in [3.8, 4) is 0 Å². The van der Waals surface area contributed by atoms with Gasteiger partial charge in [0.25, 0.3) is 0 Å². The summed E-state index contributed by atoms with van der Waals surface area (Å²) in [6.45, 7) is 3.96. The minimum absolute atomic E-state index is 0.106. The third-order valence-electron chi connectivity index (χ3n) is 3.36. The summed E-state index contributed by atoms with van der Waals surface area (Å²) in [5.41, 5.74) is 1.03. The quantitative estimate of drug-likeness (QED) is 0.905. The van der Waals surface area contributed by atoms with Crippen molar-refractivity contribution >= 4 is 0 Å². The molecule has 2 aliphatic heterocycles. The average molecular weight is 281 g/mol. The second-order valence-corrected chi connectivity index (χ2v) is 5.47. The topological polar surface area (TPSA) is 57.2 Å². The van der Waals surface area contributed by atoms with E-state index in [4.69, 9.17) is 20.3 Å². The summed E-state index contributed by atoms with van der Waals surface area (Å²) < 4.78 is 30.2. The zero-order valence-electron chi connectivity index (χ0n) is 12.6. The van der Waals surface area contributed by atoms with Crippen LogP contribution < -0.4 is 0 Å². The first-order chi connectivity index (χ1) is 9.88. The van der Waals surface area contributed by atoms with Crippen molar-refractivity contribution < 1.29 is 25.4 Å². The molecular formula is C15H20O5. The molecule has 3 rings (SSSR count). The first-order valence-corrected chi connectivity index (χ1v) is 6.74. The maximum Gasteiger partial charge on any atom is 0.190 e. The summed E-state index contributed by atoms with van der Waals surface area (Å²) >= 11 is 0. The molecule has 2 fully saturated rings. The van der Waals surface area contributed by atoms with Crippen LogP contribution in [0.25, 0.3) is 0 Å². The summed E-state index contributed by atoms with van der Waals surface area (Å²) in [5.74, 6) is -0.847. The lowest BCUT2D eigenvalue weighted by Gasteiger charge is -2.22. The summed E-state index contributed by atoms with van der Waals surface area (Å²) in [4.78, 5) is 0. The lowest BCUT2D eigenvalue weighted by atomic mass is 10.1. The van der Waals surface area contributed by atoms with Gasteiger partial charge < -0.3 is 24.1 Å². The van der Waals surface area contributed by atoms with Gasteiger partial charge in [-0.1, -0.05) is 30.3 Å². The molecule has 0 saturated carbocycles. The van der Waals surface area contributed by atoms with Crippen LogP contribution >= 0.6 is 0 Å². The van der Waals surface area contributed by atoms with Gasteiger partial charge in [-0.15, -0.1) is 0 Å². The molecule has 0 bridgehead atoms. The third kappa shape index (κ3) is 2.87. The van der Waals surface area contributed by atoms with Gasteiger partial charge in [-0.05, 0) is 19.4 Å². The second-order valence-electron chi connectivity index (χ2n) is 5.47. The van der Waals surface area contributed by atoms with E-state index in [0.717, 1.165) is 5.56 Å². The fourth-order valence-corrected chi connectivity index (χ4v) is 2.43. The van der Waals surface area contributed by atoms with Crippen molar-refractivity contribution in [2.75, 3.05) is 6.61 Å². The van der Waals surface area contributed by atoms with Crippen LogP contribution in [0.5, 0.6) is 0 Å². The molecule has 2 aliphatic rings. The molecule has 0 unspecified atom stereocenters. The van der Waals surface area contributed by atoms with E-state index >= 15 is 0 Å². The Labute approximate surface area is 119 Å². The lowest BCUT2D eigenvalue weighted by Crippen LogP contribution is -2.36. The van der Waals surface area contributed by atoms with Gasteiger partial charge in [0.05, 0.1) is 14.6 Å². The molecule has 0 amide bonds. The first-order valence-electron chi connectivity index (χ1n) is 7.24. The van der Waals surface area contributed by atoms with Gasteiger partial charge in [0.15, 0.2) is 12.1 Å². The zero-order valence-corrected chi connectivity index (χ0v) is 11.6. The Kier molecular flexibility index (Phi) is 3.45. The van der Waals surface area contributed by atoms with Crippen molar-refractivity contribution in [3.05, 3.63) is 35.9 Å². The Bertz CT molecular complexity index is 490. The molecule has 5 nitrogen and oxygen atoms in total. The van der Waals surface area contributed by atoms with Crippen LogP contribution in [0.4, 0.5) is 0 Å². The van der Waals surface area contributed by atoms with E-state index in [-0.39, 0.29) is 6.61 Å². The zero-order chi connectivity index (χ0) is 15.1. The molecule has 0 aliphatic carbocycles. The molecule has 4 atom stereocenters. The SMILES string of the molecule is [2H][C@@]1(O)[C@@H](COCc2ccccc2)O[C@@H]2OC(C)(C)O[C@@H]21. The Balaban J connectivity index is 1.56. The van der Waals surface area contributed by atoms with Crippen LogP contribution in [0.2, 0.25) is 0 Å². The molecule has 0 aromatic heterocycles. The number of hydrogen-bond donors (Lipinski definition) is 1. The number of benzene rings is 1. The minimum atomic E-state index is -1.88. The molecule has 1 aromatic rings. The van der Waals surface area contributed by atoms with Gasteiger partial charge in [0.2, 0.25) is 0 Å². The van der Waals surface area contributed by atoms with Crippen LogP contribution in [0, 0.1) is 0 Å². The maximum atomic E-state index is 10.3. The summed E-state index contributed by atoms with van der Waals surface area (Å²) in [6.07, 6.45) is -4.23. The average Bonchev–Trinajstić information content (AvgIpc) is 2.84. The number of aliphatic hydroxyl groups is 1. The summed E-state index contributed by atoms with van der Waals surface area (Å²) in [7, 11) is 0. The molecule has 1 aromatic carbocycles. The number of rotatable bonds is 4. The minimum Gasteiger partial charge on any atom is -0.387 e. The van der Waals surface area contributed by atoms with E-state index in [9.17, 15) is 5.11 Å². The molecule has 0 radical (unpaired) electrons. The number of hydrogen-bond acceptors (Lipinski definition) is 5. The fourth-order valence-electron chi connectivity index (χ4n) is 2.43. The van der Waals surface area contributed by atoms with Crippen LogP contribution in [0.1, 0.15) is 20.8 Å². The molecule has 20 heavy (non-hydrogen) atoms. The Morgan fingerprint density at radius 2 is 2.05 bits per heavy atom. The highest BCUT2D eigenvalue weighted by Gasteiger charge is 2.54. The lowest BCUT2D eigenvalue weighted by molar-refractivity contribution is -0.220. The third-order valence-corrected chi connectivity index (χ3v) is 3.36. The largest absolute Gasteiger partial charge is 0.387 e. The monoisotopic (exact) mass is 281 g/mol. The van der Waals surface area contributed by atoms with Gasteiger partial charge in [0, 0.05) is 0 Å². The predicted octanol–water partition coefficient (Wildman–Crippen LogP) is 1.44. The number of fused-ring (bicyclic) bond motifs is 1. The van der Waals surface area contributed by atoms with E-state index in [2.05, 4.69) is 0 Å². The van der Waals surface area contributed by atoms with Crippen molar-refractivity contribution in [3.63, 3.8) is 0 Å². The first kappa shape index (κ1) is 12.7. The van der Waals surface area contributed by atoms with Crippen molar-refractivity contribution in [1.29, 1.82) is 0 Å². The Morgan fingerprint density at radius 3 is 2.75 bits per heavy atom. The molecule has 2 saturated heterocycles. The van der Waals surface area contributed by atoms with E-state index in [0.29, 0.717) is 6.61 Å². The normalized spacial score (nSPS) is 39.5. The highest BCUT2D eigenvalue weighted by Crippen LogP contribution is 2.37. The van der Waals surface area contributed by atoms with Crippen LogP contribution in [-0.4, -0.2) is 42.1 Å². The van der Waals surface area contributed by atoms with E-state index in [1.165, 1.54) is 0 Å². The van der Waals surface area contributed by atoms with E-state index in [1.54, 1.807) is 13.8 Å². The smallest absolute Gasteiger partial charge is 0.190 e. The van der Waals surface area contributed by atoms with E-state index < -0.39 is 30.4 Å². The van der Waals surface area contributed by atoms with Crippen molar-refractivity contribution in [1.82, 2.24) is 0 Å². The van der Waals surface area contributed by atoms with E-state index in [1.807, 2.05) is 30.3 Å². The molecular weight excluding hydrogens is 260 g/mol. The standard InChI is InChI=1S/C15H20O5/c1-15(2)19-13-12(16)11(18-14(13)20-15)9-17-8-10-6-4-3-5-7-10/h3-7,11-14,16H,8-9H2,1-2H3/t11-,12-,13-,14-/m1/s1/i12D. The molecule has 5 heteroatoms. The molecule has 0 spiro atoms. The maximum absolute atomic E-state index is 10.3. The van der Waals surface area contributed by atoms with Crippen LogP contribution in [0.15, 0.2) is 30.3 Å². The predicted molar refractivity (Wildman–Crippen MR) is 70.8 cm³/mol. The summed E-state index contributed by atoms with van der Waals surface area (Å²) in [6, 6.07) is 9.70. The Hall–Kier alpha value is -0.980. The molecule has 1 N–H and O–H groups in total. The van der Waals surface area contributed by atoms with Gasteiger partial charge in [-0.3, -0.25) is 0 Å². The van der Waals surface area contributed by atoms with Gasteiger partial charge in [0.1, 0.15) is 18.3 Å². The van der Waals surface area contributed by atoms with Gasteiger partial charge in [-0.2, -0.15) is 0 Å². The van der Waals surface area contributed by atoms with Crippen LogP contribution in [0.3, 0.4) is 0 Å². The molecule has 2 heterocycles. The highest BCUT2D eigenvalue weighted by molar-refractivity contribution is 5.13.